The summed E-state index contributed by atoms with van der Waals surface area (Å²) in [6.45, 7) is 16.6. The van der Waals surface area contributed by atoms with Gasteiger partial charge in [0.2, 0.25) is 0 Å². The molecule has 4 rings (SSSR count). The van der Waals surface area contributed by atoms with E-state index in [2.05, 4.69) is 76.1 Å². The maximum atomic E-state index is 15.1. The van der Waals surface area contributed by atoms with E-state index in [-0.39, 0.29) is 11.6 Å². The Bertz CT molecular complexity index is 1190. The smallest absolute Gasteiger partial charge is 0.169 e. The van der Waals surface area contributed by atoms with E-state index in [0.717, 1.165) is 31.5 Å². The Morgan fingerprint density at radius 1 is 0.917 bits per heavy atom. The molecular weight excluding hydrogens is 466 g/mol. The molecule has 2 aromatic carbocycles. The first-order valence-electron chi connectivity index (χ1n) is 13.5. The summed E-state index contributed by atoms with van der Waals surface area (Å²) in [6, 6.07) is 12.0. The third-order valence-electron chi connectivity index (χ3n) is 8.62. The van der Waals surface area contributed by atoms with Gasteiger partial charge < -0.3 is 9.13 Å². The van der Waals surface area contributed by atoms with Crippen LogP contribution in [0.1, 0.15) is 77.0 Å². The summed E-state index contributed by atoms with van der Waals surface area (Å²) in [4.78, 5) is 2.41. The lowest BCUT2D eigenvalue weighted by Gasteiger charge is -2.44. The van der Waals surface area contributed by atoms with Crippen LogP contribution in [0.3, 0.4) is 0 Å². The fourth-order valence-electron chi connectivity index (χ4n) is 7.00. The molecular formula is C31H42F2N2Si. The highest BCUT2D eigenvalue weighted by atomic mass is 28.3. The zero-order valence-electron chi connectivity index (χ0n) is 23.0. The van der Waals surface area contributed by atoms with Crippen molar-refractivity contribution in [3.63, 3.8) is 0 Å². The van der Waals surface area contributed by atoms with E-state index >= 15 is 4.39 Å². The maximum Gasteiger partial charge on any atom is 0.169 e. The maximum absolute atomic E-state index is 15.1. The molecule has 1 aromatic heterocycles. The largest absolute Gasteiger partial charge is 0.373 e. The first-order chi connectivity index (χ1) is 17.0. The molecule has 0 saturated carbocycles. The second kappa shape index (κ2) is 10.6. The summed E-state index contributed by atoms with van der Waals surface area (Å²) in [5, 5.41) is 1.27. The molecule has 1 fully saturated rings. The van der Waals surface area contributed by atoms with Gasteiger partial charge in [0, 0.05) is 16.5 Å². The van der Waals surface area contributed by atoms with Crippen LogP contribution in [-0.4, -0.2) is 37.5 Å². The van der Waals surface area contributed by atoms with Crippen LogP contribution in [-0.2, 0) is 0 Å². The fraction of sp³-hybridized carbons (Fsp3) is 0.484. The van der Waals surface area contributed by atoms with Gasteiger partial charge in [-0.05, 0) is 115 Å². The Morgan fingerprint density at radius 2 is 1.50 bits per heavy atom. The van der Waals surface area contributed by atoms with Crippen LogP contribution in [0.15, 0.2) is 48.7 Å². The van der Waals surface area contributed by atoms with Gasteiger partial charge in [0.25, 0.3) is 0 Å². The number of likely N-dealkylation sites (tertiary alicyclic amines) is 1. The molecule has 0 unspecified atom stereocenters. The summed E-state index contributed by atoms with van der Waals surface area (Å²) in [7, 11) is 0.253. The molecule has 194 valence electrons. The van der Waals surface area contributed by atoms with Gasteiger partial charge >= 0.3 is 0 Å². The first kappa shape index (κ1) is 26.8. The topological polar surface area (TPSA) is 8.17 Å². The van der Waals surface area contributed by atoms with Crippen molar-refractivity contribution in [2.24, 2.45) is 0 Å². The van der Waals surface area contributed by atoms with Gasteiger partial charge in [-0.1, -0.05) is 47.6 Å². The third kappa shape index (κ3) is 4.84. The van der Waals surface area contributed by atoms with Gasteiger partial charge in [-0.15, -0.1) is 0 Å². The van der Waals surface area contributed by atoms with Crippen molar-refractivity contribution in [3.05, 3.63) is 71.2 Å². The van der Waals surface area contributed by atoms with Crippen LogP contribution >= 0.6 is 0 Å². The van der Waals surface area contributed by atoms with Crippen molar-refractivity contribution >= 4 is 31.0 Å². The van der Waals surface area contributed by atoms with E-state index in [9.17, 15) is 4.39 Å². The zero-order valence-corrected chi connectivity index (χ0v) is 24.0. The lowest BCUT2D eigenvalue weighted by Crippen LogP contribution is -2.51. The van der Waals surface area contributed by atoms with Crippen LogP contribution in [0, 0.1) is 5.82 Å². The summed E-state index contributed by atoms with van der Waals surface area (Å²) in [5.74, 6) is -0.181. The van der Waals surface area contributed by atoms with E-state index in [4.69, 9.17) is 0 Å². The van der Waals surface area contributed by atoms with Crippen molar-refractivity contribution in [3.8, 4) is 0 Å². The second-order valence-corrected chi connectivity index (χ2v) is 17.4. The Kier molecular flexibility index (Phi) is 7.91. The van der Waals surface area contributed by atoms with Crippen LogP contribution < -0.4 is 0 Å². The number of halogens is 2. The van der Waals surface area contributed by atoms with Gasteiger partial charge in [0.05, 0.1) is 0 Å². The quantitative estimate of drug-likeness (QED) is 0.228. The number of rotatable bonds is 7. The van der Waals surface area contributed by atoms with Gasteiger partial charge in [-0.2, -0.15) is 0 Å². The van der Waals surface area contributed by atoms with Crippen molar-refractivity contribution in [2.75, 3.05) is 20.1 Å². The second-order valence-electron chi connectivity index (χ2n) is 11.7. The number of aromatic nitrogens is 1. The minimum Gasteiger partial charge on any atom is -0.373 e. The molecule has 2 nitrogen and oxygen atoms in total. The zero-order chi connectivity index (χ0) is 26.2. The molecule has 1 aliphatic heterocycles. The highest BCUT2D eigenvalue weighted by Crippen LogP contribution is 2.46. The van der Waals surface area contributed by atoms with E-state index in [0.29, 0.717) is 28.1 Å². The molecule has 0 bridgehead atoms. The van der Waals surface area contributed by atoms with Crippen LogP contribution in [0.25, 0.3) is 22.8 Å². The molecule has 2 heterocycles. The lowest BCUT2D eigenvalue weighted by atomic mass is 9.89. The van der Waals surface area contributed by atoms with E-state index in [1.165, 1.54) is 40.7 Å². The Labute approximate surface area is 217 Å². The molecule has 1 saturated heterocycles. The molecule has 0 aliphatic carbocycles. The van der Waals surface area contributed by atoms with Crippen LogP contribution in [0.5, 0.6) is 0 Å². The number of hydrogen-bond donors (Lipinski definition) is 0. The molecule has 0 spiro atoms. The molecule has 0 amide bonds. The number of fused-ring (bicyclic) bond motifs is 1. The predicted octanol–water partition coefficient (Wildman–Crippen LogP) is 9.08. The first-order valence-corrected chi connectivity index (χ1v) is 15.7. The summed E-state index contributed by atoms with van der Waals surface area (Å²) >= 11 is 0. The fourth-order valence-corrected chi connectivity index (χ4v) is 13.6. The molecule has 1 aliphatic rings. The van der Waals surface area contributed by atoms with Crippen LogP contribution in [0.4, 0.5) is 8.78 Å². The number of hydrogen-bond acceptors (Lipinski definition) is 1. The highest BCUT2D eigenvalue weighted by molar-refractivity contribution is 6.82. The Balaban J connectivity index is 1.89. The molecule has 0 radical (unpaired) electrons. The SMILES string of the molecule is CC(C)[Si](C(C)C)(C(C)C)n1cc(C2CCN(C)CC2)c2cc(C=C(F)c3ccc(F)cc3)ccc21. The van der Waals surface area contributed by atoms with Crippen molar-refractivity contribution in [1.29, 1.82) is 0 Å². The average molecular weight is 509 g/mol. The van der Waals surface area contributed by atoms with Crippen molar-refractivity contribution in [2.45, 2.75) is 76.9 Å². The average Bonchev–Trinajstić information content (AvgIpc) is 3.18. The Hall–Kier alpha value is -2.24. The minimum absolute atomic E-state index is 0.343. The lowest BCUT2D eigenvalue weighted by molar-refractivity contribution is 0.256. The van der Waals surface area contributed by atoms with Crippen molar-refractivity contribution < 1.29 is 8.78 Å². The standard InChI is InChI=1S/C31H42F2N2Si/c1-21(2)36(22(3)4,23(5)6)35-20-29(25-14-16-34(7)17-15-25)28-18-24(8-13-31(28)35)19-30(33)26-9-11-27(32)12-10-26/h8-13,18-23,25H,14-17H2,1-7H3. The number of piperidine rings is 1. The normalized spacial score (nSPS) is 16.7. The molecule has 36 heavy (non-hydrogen) atoms. The van der Waals surface area contributed by atoms with Gasteiger partial charge in [0.15, 0.2) is 8.24 Å². The Morgan fingerprint density at radius 3 is 2.06 bits per heavy atom. The third-order valence-corrected chi connectivity index (χ3v) is 15.4. The molecule has 0 atom stereocenters. The summed E-state index contributed by atoms with van der Waals surface area (Å²) in [5.41, 5.74) is 5.75. The molecule has 0 N–H and O–H groups in total. The van der Waals surface area contributed by atoms with Gasteiger partial charge in [-0.25, -0.2) is 8.78 Å². The molecule has 3 aromatic rings. The highest BCUT2D eigenvalue weighted by Gasteiger charge is 2.46. The van der Waals surface area contributed by atoms with E-state index in [1.807, 2.05) is 6.07 Å². The van der Waals surface area contributed by atoms with Gasteiger partial charge in [-0.3, -0.25) is 0 Å². The monoisotopic (exact) mass is 508 g/mol. The summed E-state index contributed by atoms with van der Waals surface area (Å²) < 4.78 is 31.1. The molecule has 5 heteroatoms. The van der Waals surface area contributed by atoms with Crippen molar-refractivity contribution in [1.82, 2.24) is 9.13 Å². The van der Waals surface area contributed by atoms with Gasteiger partial charge in [0.1, 0.15) is 11.6 Å². The summed E-state index contributed by atoms with van der Waals surface area (Å²) in [6.07, 6.45) is 6.38. The van der Waals surface area contributed by atoms with E-state index < -0.39 is 8.24 Å². The predicted molar refractivity (Wildman–Crippen MR) is 153 cm³/mol. The van der Waals surface area contributed by atoms with Crippen LogP contribution in [0.2, 0.25) is 16.6 Å². The number of nitrogens with zero attached hydrogens (tertiary/aromatic N) is 2. The number of benzene rings is 2. The minimum atomic E-state index is -1.95. The van der Waals surface area contributed by atoms with E-state index in [1.54, 1.807) is 6.08 Å².